The molecule has 0 aliphatic carbocycles. The molecular weight excluding hydrogens is 325 g/mol. The first-order chi connectivity index (χ1) is 10.6. The van der Waals surface area contributed by atoms with Gasteiger partial charge in [-0.1, -0.05) is 47.5 Å². The van der Waals surface area contributed by atoms with E-state index >= 15 is 0 Å². The fourth-order valence-electron chi connectivity index (χ4n) is 1.80. The van der Waals surface area contributed by atoms with Crippen LogP contribution in [-0.2, 0) is 0 Å². The van der Waals surface area contributed by atoms with E-state index in [0.717, 1.165) is 0 Å². The predicted octanol–water partition coefficient (Wildman–Crippen LogP) is 4.30. The number of nitrogens with zero attached hydrogens (tertiary/aromatic N) is 2. The standard InChI is InChI=1S/C15H9Cl2N3O2/c16-10-6-2-1-5-9(10)14-19-20-15(22-14)13(21)18-12-8-4-3-7-11(12)17/h1-8H,(H,18,21). The Labute approximate surface area is 135 Å². The molecule has 5 nitrogen and oxygen atoms in total. The molecule has 0 fully saturated rings. The second kappa shape index (κ2) is 6.17. The number of carbonyl (C=O) groups excluding carboxylic acids is 1. The molecule has 0 saturated carbocycles. The van der Waals surface area contributed by atoms with Gasteiger partial charge in [0, 0.05) is 0 Å². The van der Waals surface area contributed by atoms with Crippen molar-refractivity contribution in [2.45, 2.75) is 0 Å². The van der Waals surface area contributed by atoms with Crippen LogP contribution in [0.15, 0.2) is 52.9 Å². The van der Waals surface area contributed by atoms with Crippen molar-refractivity contribution >= 4 is 34.8 Å². The minimum atomic E-state index is -0.543. The van der Waals surface area contributed by atoms with Crippen molar-refractivity contribution in [3.05, 3.63) is 64.5 Å². The van der Waals surface area contributed by atoms with Gasteiger partial charge in [-0.25, -0.2) is 0 Å². The number of hydrogen-bond donors (Lipinski definition) is 1. The first kappa shape index (κ1) is 14.6. The lowest BCUT2D eigenvalue weighted by atomic mass is 10.2. The number of aromatic nitrogens is 2. The fraction of sp³-hybridized carbons (Fsp3) is 0. The molecule has 7 heteroatoms. The second-order valence-corrected chi connectivity index (χ2v) is 5.14. The predicted molar refractivity (Wildman–Crippen MR) is 84.1 cm³/mol. The summed E-state index contributed by atoms with van der Waals surface area (Å²) in [5, 5.41) is 11.1. The number of nitrogens with one attached hydrogen (secondary N) is 1. The highest BCUT2D eigenvalue weighted by Gasteiger charge is 2.18. The van der Waals surface area contributed by atoms with E-state index in [0.29, 0.717) is 21.3 Å². The van der Waals surface area contributed by atoms with Crippen molar-refractivity contribution < 1.29 is 9.21 Å². The molecule has 0 radical (unpaired) electrons. The lowest BCUT2D eigenvalue weighted by molar-refractivity contribution is 0.0991. The average molecular weight is 334 g/mol. The summed E-state index contributed by atoms with van der Waals surface area (Å²) in [6.07, 6.45) is 0. The number of para-hydroxylation sites is 1. The van der Waals surface area contributed by atoms with Crippen LogP contribution in [0.4, 0.5) is 5.69 Å². The summed E-state index contributed by atoms with van der Waals surface area (Å²) in [7, 11) is 0. The van der Waals surface area contributed by atoms with E-state index in [9.17, 15) is 4.79 Å². The van der Waals surface area contributed by atoms with E-state index in [1.807, 2.05) is 0 Å². The summed E-state index contributed by atoms with van der Waals surface area (Å²) < 4.78 is 5.36. The SMILES string of the molecule is O=C(Nc1ccccc1Cl)c1nnc(-c2ccccc2Cl)o1. The largest absolute Gasteiger partial charge is 0.412 e. The van der Waals surface area contributed by atoms with E-state index in [-0.39, 0.29) is 11.8 Å². The van der Waals surface area contributed by atoms with Gasteiger partial charge in [-0.05, 0) is 24.3 Å². The normalized spacial score (nSPS) is 10.5. The van der Waals surface area contributed by atoms with Crippen molar-refractivity contribution in [3.63, 3.8) is 0 Å². The number of rotatable bonds is 3. The van der Waals surface area contributed by atoms with Gasteiger partial charge in [0.2, 0.25) is 5.89 Å². The quantitative estimate of drug-likeness (QED) is 0.776. The third-order valence-electron chi connectivity index (χ3n) is 2.85. The smallest absolute Gasteiger partial charge is 0.313 e. The van der Waals surface area contributed by atoms with E-state index in [2.05, 4.69) is 15.5 Å². The first-order valence-electron chi connectivity index (χ1n) is 6.29. The molecule has 3 rings (SSSR count). The van der Waals surface area contributed by atoms with Gasteiger partial charge in [-0.3, -0.25) is 4.79 Å². The van der Waals surface area contributed by atoms with Gasteiger partial charge < -0.3 is 9.73 Å². The van der Waals surface area contributed by atoms with Gasteiger partial charge in [-0.2, -0.15) is 0 Å². The van der Waals surface area contributed by atoms with Crippen LogP contribution in [-0.4, -0.2) is 16.1 Å². The number of benzene rings is 2. The van der Waals surface area contributed by atoms with E-state index in [1.54, 1.807) is 48.5 Å². The Morgan fingerprint density at radius 1 is 0.955 bits per heavy atom. The maximum atomic E-state index is 12.1. The number of halogens is 2. The lowest BCUT2D eigenvalue weighted by Gasteiger charge is -2.03. The van der Waals surface area contributed by atoms with E-state index in [1.165, 1.54) is 0 Å². The van der Waals surface area contributed by atoms with Gasteiger partial charge in [0.05, 0.1) is 21.3 Å². The van der Waals surface area contributed by atoms with Gasteiger partial charge in [0.15, 0.2) is 0 Å². The Morgan fingerprint density at radius 3 is 2.36 bits per heavy atom. The zero-order chi connectivity index (χ0) is 15.5. The summed E-state index contributed by atoms with van der Waals surface area (Å²) >= 11 is 12.0. The number of carbonyl (C=O) groups is 1. The Hall–Kier alpha value is -2.37. The van der Waals surface area contributed by atoms with Crippen molar-refractivity contribution in [1.82, 2.24) is 10.2 Å². The highest BCUT2D eigenvalue weighted by molar-refractivity contribution is 6.34. The molecule has 0 unspecified atom stereocenters. The van der Waals surface area contributed by atoms with Crippen LogP contribution in [0.2, 0.25) is 10.0 Å². The van der Waals surface area contributed by atoms with Crippen LogP contribution in [0.1, 0.15) is 10.7 Å². The molecule has 0 bridgehead atoms. The minimum Gasteiger partial charge on any atom is -0.412 e. The summed E-state index contributed by atoms with van der Waals surface area (Å²) in [5.74, 6) is -0.538. The van der Waals surface area contributed by atoms with Gasteiger partial charge in [-0.15, -0.1) is 10.2 Å². The molecule has 3 aromatic rings. The first-order valence-corrected chi connectivity index (χ1v) is 7.05. The number of amides is 1. The van der Waals surface area contributed by atoms with Crippen molar-refractivity contribution in [2.75, 3.05) is 5.32 Å². The van der Waals surface area contributed by atoms with Gasteiger partial charge >= 0.3 is 11.8 Å². The molecule has 1 N–H and O–H groups in total. The lowest BCUT2D eigenvalue weighted by Crippen LogP contribution is -2.12. The summed E-state index contributed by atoms with van der Waals surface area (Å²) in [6, 6.07) is 13.9. The Kier molecular flexibility index (Phi) is 4.09. The fourth-order valence-corrected chi connectivity index (χ4v) is 2.20. The van der Waals surface area contributed by atoms with E-state index < -0.39 is 5.91 Å². The Bertz CT molecular complexity index is 833. The third-order valence-corrected chi connectivity index (χ3v) is 3.50. The molecule has 0 aliphatic rings. The highest BCUT2D eigenvalue weighted by atomic mass is 35.5. The molecule has 0 saturated heterocycles. The molecule has 2 aromatic carbocycles. The summed E-state index contributed by atoms with van der Waals surface area (Å²) in [4.78, 5) is 12.1. The number of hydrogen-bond acceptors (Lipinski definition) is 4. The van der Waals surface area contributed by atoms with Crippen molar-refractivity contribution in [2.24, 2.45) is 0 Å². The van der Waals surface area contributed by atoms with Crippen molar-refractivity contribution in [3.8, 4) is 11.5 Å². The van der Waals surface area contributed by atoms with Crippen LogP contribution in [0.5, 0.6) is 0 Å². The molecular formula is C15H9Cl2N3O2. The minimum absolute atomic E-state index is 0.171. The zero-order valence-corrected chi connectivity index (χ0v) is 12.6. The Morgan fingerprint density at radius 2 is 1.64 bits per heavy atom. The maximum Gasteiger partial charge on any atom is 0.313 e. The maximum absolute atomic E-state index is 12.1. The average Bonchev–Trinajstić information content (AvgIpc) is 3.00. The molecule has 22 heavy (non-hydrogen) atoms. The monoisotopic (exact) mass is 333 g/mol. The third kappa shape index (κ3) is 2.95. The topological polar surface area (TPSA) is 68.0 Å². The number of anilines is 1. The molecule has 1 aromatic heterocycles. The molecule has 1 amide bonds. The zero-order valence-electron chi connectivity index (χ0n) is 11.1. The summed E-state index contributed by atoms with van der Waals surface area (Å²) in [5.41, 5.74) is 1.03. The Balaban J connectivity index is 1.84. The summed E-state index contributed by atoms with van der Waals surface area (Å²) in [6.45, 7) is 0. The second-order valence-electron chi connectivity index (χ2n) is 4.33. The molecule has 0 atom stereocenters. The van der Waals surface area contributed by atoms with Crippen LogP contribution < -0.4 is 5.32 Å². The molecule has 0 spiro atoms. The molecule has 1 heterocycles. The van der Waals surface area contributed by atoms with Crippen molar-refractivity contribution in [1.29, 1.82) is 0 Å². The van der Waals surface area contributed by atoms with Crippen LogP contribution >= 0.6 is 23.2 Å². The van der Waals surface area contributed by atoms with Gasteiger partial charge in [0.25, 0.3) is 0 Å². The van der Waals surface area contributed by atoms with Crippen LogP contribution in [0.3, 0.4) is 0 Å². The van der Waals surface area contributed by atoms with Crippen LogP contribution in [0, 0.1) is 0 Å². The van der Waals surface area contributed by atoms with Crippen LogP contribution in [0.25, 0.3) is 11.5 Å². The van der Waals surface area contributed by atoms with Gasteiger partial charge in [0.1, 0.15) is 0 Å². The van der Waals surface area contributed by atoms with E-state index in [4.69, 9.17) is 27.6 Å². The molecule has 0 aliphatic heterocycles. The molecule has 110 valence electrons. The highest BCUT2D eigenvalue weighted by Crippen LogP contribution is 2.26.